The molecule has 2 heterocycles. The minimum Gasteiger partial charge on any atom is -0.309 e. The van der Waals surface area contributed by atoms with Crippen molar-refractivity contribution in [2.45, 2.75) is 52.4 Å². The third-order valence-electron chi connectivity index (χ3n) is 9.58. The van der Waals surface area contributed by atoms with Crippen LogP contribution in [0.15, 0.2) is 133 Å². The first-order chi connectivity index (χ1) is 22.1. The summed E-state index contributed by atoms with van der Waals surface area (Å²) >= 11 is 0. The van der Waals surface area contributed by atoms with Crippen molar-refractivity contribution in [2.24, 2.45) is 0 Å². The molecule has 2 aromatic heterocycles. The number of rotatable bonds is 3. The molecule has 0 aliphatic heterocycles. The molecule has 46 heavy (non-hydrogen) atoms. The minimum atomic E-state index is -0.0270. The molecule has 0 atom stereocenters. The molecular weight excluding hydrogens is 556 g/mol. The van der Waals surface area contributed by atoms with Crippen molar-refractivity contribution < 1.29 is 0 Å². The fourth-order valence-electron chi connectivity index (χ4n) is 7.08. The highest BCUT2D eigenvalue weighted by atomic mass is 15.0. The molecule has 0 aliphatic carbocycles. The maximum absolute atomic E-state index is 2.45. The highest BCUT2D eigenvalue weighted by Gasteiger charge is 2.22. The predicted octanol–water partition coefficient (Wildman–Crippen LogP) is 12.1. The maximum atomic E-state index is 2.45. The van der Waals surface area contributed by atoms with Crippen molar-refractivity contribution in [3.8, 4) is 22.5 Å². The summed E-state index contributed by atoms with van der Waals surface area (Å²) in [5.74, 6) is 0. The van der Waals surface area contributed by atoms with Gasteiger partial charge in [-0.05, 0) is 81.6 Å². The van der Waals surface area contributed by atoms with Gasteiger partial charge in [-0.1, -0.05) is 126 Å². The molecule has 6 aromatic carbocycles. The van der Waals surface area contributed by atoms with Crippen LogP contribution < -0.4 is 0 Å². The third kappa shape index (κ3) is 4.55. The Hall–Kier alpha value is -5.08. The van der Waals surface area contributed by atoms with Gasteiger partial charge in [0.15, 0.2) is 0 Å². The Labute approximate surface area is 271 Å². The molecule has 0 spiro atoms. The monoisotopic (exact) mass is 596 g/mol. The van der Waals surface area contributed by atoms with Crippen LogP contribution in [0.5, 0.6) is 0 Å². The number of nitrogens with zero attached hydrogens (tertiary/aromatic N) is 2. The zero-order valence-electron chi connectivity index (χ0n) is 27.6. The number of aromatic nitrogens is 2. The highest BCUT2D eigenvalue weighted by molar-refractivity contribution is 6.10. The van der Waals surface area contributed by atoms with Crippen LogP contribution in [0.1, 0.15) is 52.7 Å². The van der Waals surface area contributed by atoms with E-state index in [0.29, 0.717) is 0 Å². The Bertz CT molecular complexity index is 2160. The number of benzene rings is 6. The van der Waals surface area contributed by atoms with Crippen molar-refractivity contribution in [3.63, 3.8) is 0 Å². The third-order valence-corrected chi connectivity index (χ3v) is 9.58. The lowest BCUT2D eigenvalue weighted by Crippen LogP contribution is -2.13. The summed E-state index contributed by atoms with van der Waals surface area (Å²) in [6, 6.07) is 49.5. The summed E-state index contributed by atoms with van der Waals surface area (Å²) in [7, 11) is 0. The first-order valence-corrected chi connectivity index (χ1v) is 16.4. The van der Waals surface area contributed by atoms with E-state index in [1.54, 1.807) is 0 Å². The van der Waals surface area contributed by atoms with E-state index < -0.39 is 0 Å². The Morgan fingerprint density at radius 1 is 0.348 bits per heavy atom. The molecule has 0 amide bonds. The summed E-state index contributed by atoms with van der Waals surface area (Å²) in [5.41, 5.74) is 12.4. The van der Waals surface area contributed by atoms with Gasteiger partial charge in [-0.2, -0.15) is 0 Å². The maximum Gasteiger partial charge on any atom is 0.0541 e. The second kappa shape index (κ2) is 10.2. The Morgan fingerprint density at radius 3 is 0.913 bits per heavy atom. The molecule has 0 saturated heterocycles. The molecule has 8 rings (SSSR count). The van der Waals surface area contributed by atoms with Gasteiger partial charge in [0.25, 0.3) is 0 Å². The van der Waals surface area contributed by atoms with Crippen LogP contribution in [0.25, 0.3) is 66.1 Å². The lowest BCUT2D eigenvalue weighted by Gasteiger charge is -2.25. The van der Waals surface area contributed by atoms with Crippen molar-refractivity contribution in [1.29, 1.82) is 0 Å². The van der Waals surface area contributed by atoms with E-state index >= 15 is 0 Å². The molecule has 226 valence electrons. The predicted molar refractivity (Wildman–Crippen MR) is 198 cm³/mol. The summed E-state index contributed by atoms with van der Waals surface area (Å²) in [6.07, 6.45) is 0. The second-order valence-corrected chi connectivity index (χ2v) is 14.8. The van der Waals surface area contributed by atoms with Crippen LogP contribution in [0, 0.1) is 0 Å². The zero-order chi connectivity index (χ0) is 31.8. The SMILES string of the molecule is CC(C)(C)c1cc(-c2cc(-n3c4ccccc4c4ccccc43)cc(C(C)(C)C)c2)cc(-n2c3ccccc3c3ccccc32)c1. The molecule has 0 unspecified atom stereocenters. The van der Waals surface area contributed by atoms with E-state index in [1.807, 2.05) is 0 Å². The van der Waals surface area contributed by atoms with E-state index in [-0.39, 0.29) is 10.8 Å². The van der Waals surface area contributed by atoms with Crippen molar-refractivity contribution in [1.82, 2.24) is 9.13 Å². The topological polar surface area (TPSA) is 9.86 Å². The summed E-state index contributed by atoms with van der Waals surface area (Å²) in [5, 5.41) is 5.13. The molecule has 0 aliphatic rings. The van der Waals surface area contributed by atoms with Gasteiger partial charge < -0.3 is 9.13 Å². The fraction of sp³-hybridized carbons (Fsp3) is 0.182. The molecule has 0 bridgehead atoms. The van der Waals surface area contributed by atoms with Gasteiger partial charge in [-0.15, -0.1) is 0 Å². The van der Waals surface area contributed by atoms with E-state index in [2.05, 4.69) is 184 Å². The molecule has 0 saturated carbocycles. The Kier molecular flexibility index (Phi) is 6.31. The lowest BCUT2D eigenvalue weighted by atomic mass is 9.82. The molecule has 2 nitrogen and oxygen atoms in total. The van der Waals surface area contributed by atoms with Crippen LogP contribution >= 0.6 is 0 Å². The summed E-state index contributed by atoms with van der Waals surface area (Å²) in [6.45, 7) is 13.9. The van der Waals surface area contributed by atoms with Gasteiger partial charge in [0.2, 0.25) is 0 Å². The van der Waals surface area contributed by atoms with Crippen molar-refractivity contribution >= 4 is 43.6 Å². The van der Waals surface area contributed by atoms with Crippen LogP contribution in [0.4, 0.5) is 0 Å². The standard InChI is InChI=1S/C44H40N2/c1-43(2,3)31-23-29(25-33(27-31)45-39-19-11-7-15-35(39)36-16-8-12-20-40(36)45)30-24-32(44(4,5)6)28-34(26-30)46-41-21-13-9-17-37(41)38-18-10-14-22-42(38)46/h7-28H,1-6H3. The lowest BCUT2D eigenvalue weighted by molar-refractivity contribution is 0.589. The van der Waals surface area contributed by atoms with Gasteiger partial charge in [0.1, 0.15) is 0 Å². The van der Waals surface area contributed by atoms with Gasteiger partial charge >= 0.3 is 0 Å². The van der Waals surface area contributed by atoms with Crippen LogP contribution in [0.2, 0.25) is 0 Å². The molecular formula is C44H40N2. The van der Waals surface area contributed by atoms with Gasteiger partial charge in [-0.25, -0.2) is 0 Å². The molecule has 0 radical (unpaired) electrons. The Morgan fingerprint density at radius 2 is 0.630 bits per heavy atom. The average Bonchev–Trinajstić information content (AvgIpc) is 3.57. The average molecular weight is 597 g/mol. The van der Waals surface area contributed by atoms with E-state index in [0.717, 1.165) is 0 Å². The number of fused-ring (bicyclic) bond motifs is 6. The highest BCUT2D eigenvalue weighted by Crippen LogP contribution is 2.39. The molecule has 0 fully saturated rings. The van der Waals surface area contributed by atoms with Gasteiger partial charge in [0, 0.05) is 32.9 Å². The number of hydrogen-bond acceptors (Lipinski definition) is 0. The second-order valence-electron chi connectivity index (χ2n) is 14.8. The smallest absolute Gasteiger partial charge is 0.0541 e. The van der Waals surface area contributed by atoms with E-state index in [9.17, 15) is 0 Å². The first kappa shape index (κ1) is 28.4. The van der Waals surface area contributed by atoms with Crippen LogP contribution in [-0.2, 0) is 10.8 Å². The van der Waals surface area contributed by atoms with Crippen LogP contribution in [-0.4, -0.2) is 9.13 Å². The zero-order valence-corrected chi connectivity index (χ0v) is 27.6. The van der Waals surface area contributed by atoms with E-state index in [1.165, 1.54) is 77.2 Å². The quantitative estimate of drug-likeness (QED) is 0.192. The fourth-order valence-corrected chi connectivity index (χ4v) is 7.08. The van der Waals surface area contributed by atoms with Gasteiger partial charge in [0.05, 0.1) is 22.1 Å². The van der Waals surface area contributed by atoms with Crippen molar-refractivity contribution in [3.05, 3.63) is 145 Å². The van der Waals surface area contributed by atoms with E-state index in [4.69, 9.17) is 0 Å². The van der Waals surface area contributed by atoms with Crippen molar-refractivity contribution in [2.75, 3.05) is 0 Å². The molecule has 0 N–H and O–H groups in total. The largest absolute Gasteiger partial charge is 0.309 e. The molecule has 2 heteroatoms. The summed E-state index contributed by atoms with van der Waals surface area (Å²) < 4.78 is 4.90. The van der Waals surface area contributed by atoms with Crippen LogP contribution in [0.3, 0.4) is 0 Å². The number of hydrogen-bond donors (Lipinski definition) is 0. The normalized spacial score (nSPS) is 12.6. The first-order valence-electron chi connectivity index (χ1n) is 16.4. The Balaban J connectivity index is 1.43. The van der Waals surface area contributed by atoms with Gasteiger partial charge in [-0.3, -0.25) is 0 Å². The minimum absolute atomic E-state index is 0.0270. The molecule has 8 aromatic rings. The number of para-hydroxylation sites is 4. The summed E-state index contributed by atoms with van der Waals surface area (Å²) in [4.78, 5) is 0.